The van der Waals surface area contributed by atoms with Crippen LogP contribution in [-0.2, 0) is 11.3 Å². The van der Waals surface area contributed by atoms with E-state index in [0.717, 1.165) is 44.2 Å². The Kier molecular flexibility index (Phi) is 6.34. The van der Waals surface area contributed by atoms with Gasteiger partial charge in [0.05, 0.1) is 12.7 Å². The van der Waals surface area contributed by atoms with Crippen molar-refractivity contribution >= 4 is 17.3 Å². The number of morpholine rings is 1. The van der Waals surface area contributed by atoms with Gasteiger partial charge < -0.3 is 15.0 Å². The maximum atomic E-state index is 6.44. The zero-order valence-electron chi connectivity index (χ0n) is 13.4. The van der Waals surface area contributed by atoms with E-state index in [2.05, 4.69) is 37.1 Å². The normalized spacial score (nSPS) is 19.3. The standard InChI is InChI=1S/C17H27ClN2O/c1-4-14-12-20(8-9-21-14)17-7-5-6-16(18)15(17)11-19-10-13(2)3/h5-7,13-14,19H,4,8-12H2,1-3H3. The molecule has 0 spiro atoms. The van der Waals surface area contributed by atoms with E-state index in [1.807, 2.05) is 12.1 Å². The van der Waals surface area contributed by atoms with Crippen LogP contribution < -0.4 is 10.2 Å². The Morgan fingerprint density at radius 3 is 2.95 bits per heavy atom. The smallest absolute Gasteiger partial charge is 0.0748 e. The van der Waals surface area contributed by atoms with Crippen LogP contribution in [0, 0.1) is 5.92 Å². The van der Waals surface area contributed by atoms with Crippen molar-refractivity contribution in [3.8, 4) is 0 Å². The van der Waals surface area contributed by atoms with Crippen molar-refractivity contribution in [1.82, 2.24) is 5.32 Å². The highest BCUT2D eigenvalue weighted by molar-refractivity contribution is 6.31. The van der Waals surface area contributed by atoms with Crippen LogP contribution in [0.1, 0.15) is 32.8 Å². The summed E-state index contributed by atoms with van der Waals surface area (Å²) in [6.07, 6.45) is 1.38. The Hall–Kier alpha value is -0.770. The van der Waals surface area contributed by atoms with E-state index in [1.54, 1.807) is 0 Å². The Morgan fingerprint density at radius 1 is 1.43 bits per heavy atom. The van der Waals surface area contributed by atoms with Gasteiger partial charge in [0.2, 0.25) is 0 Å². The molecule has 118 valence electrons. The van der Waals surface area contributed by atoms with Gasteiger partial charge >= 0.3 is 0 Å². The second-order valence-electron chi connectivity index (χ2n) is 6.11. The molecule has 2 rings (SSSR count). The maximum Gasteiger partial charge on any atom is 0.0748 e. The van der Waals surface area contributed by atoms with Gasteiger partial charge in [-0.25, -0.2) is 0 Å². The molecular weight excluding hydrogens is 284 g/mol. The summed E-state index contributed by atoms with van der Waals surface area (Å²) in [5, 5.41) is 4.35. The van der Waals surface area contributed by atoms with Crippen LogP contribution in [0.3, 0.4) is 0 Å². The molecule has 21 heavy (non-hydrogen) atoms. The number of nitrogens with one attached hydrogen (secondary N) is 1. The molecule has 1 aromatic rings. The summed E-state index contributed by atoms with van der Waals surface area (Å²) >= 11 is 6.44. The number of rotatable bonds is 6. The molecule has 3 nitrogen and oxygen atoms in total. The van der Waals surface area contributed by atoms with Crippen molar-refractivity contribution in [2.24, 2.45) is 5.92 Å². The van der Waals surface area contributed by atoms with Crippen LogP contribution >= 0.6 is 11.6 Å². The average molecular weight is 311 g/mol. The molecule has 1 unspecified atom stereocenters. The molecule has 0 radical (unpaired) electrons. The van der Waals surface area contributed by atoms with E-state index >= 15 is 0 Å². The van der Waals surface area contributed by atoms with Crippen molar-refractivity contribution in [3.63, 3.8) is 0 Å². The van der Waals surface area contributed by atoms with Crippen molar-refractivity contribution in [2.45, 2.75) is 39.8 Å². The van der Waals surface area contributed by atoms with Crippen LogP contribution in [0.15, 0.2) is 18.2 Å². The number of anilines is 1. The number of halogens is 1. The first-order valence-corrected chi connectivity index (χ1v) is 8.34. The summed E-state index contributed by atoms with van der Waals surface area (Å²) in [5.41, 5.74) is 2.46. The number of hydrogen-bond acceptors (Lipinski definition) is 3. The molecule has 1 aromatic carbocycles. The molecule has 1 saturated heterocycles. The topological polar surface area (TPSA) is 24.5 Å². The molecule has 1 heterocycles. The van der Waals surface area contributed by atoms with Gasteiger partial charge in [-0.15, -0.1) is 0 Å². The lowest BCUT2D eigenvalue weighted by atomic mass is 10.1. The number of nitrogens with zero attached hydrogens (tertiary/aromatic N) is 1. The van der Waals surface area contributed by atoms with Crippen molar-refractivity contribution < 1.29 is 4.74 Å². The minimum atomic E-state index is 0.328. The van der Waals surface area contributed by atoms with Gasteiger partial charge in [0.25, 0.3) is 0 Å². The summed E-state index contributed by atoms with van der Waals surface area (Å²) in [4.78, 5) is 2.41. The van der Waals surface area contributed by atoms with Gasteiger partial charge in [-0.3, -0.25) is 0 Å². The maximum absolute atomic E-state index is 6.44. The van der Waals surface area contributed by atoms with E-state index in [9.17, 15) is 0 Å². The highest BCUT2D eigenvalue weighted by Gasteiger charge is 2.21. The molecule has 1 N–H and O–H groups in total. The zero-order valence-corrected chi connectivity index (χ0v) is 14.1. The average Bonchev–Trinajstić information content (AvgIpc) is 2.48. The molecule has 4 heteroatoms. The first kappa shape index (κ1) is 16.6. The third kappa shape index (κ3) is 4.60. The van der Waals surface area contributed by atoms with Crippen LogP contribution in [0.4, 0.5) is 5.69 Å². The molecule has 0 aromatic heterocycles. The fourth-order valence-electron chi connectivity index (χ4n) is 2.69. The van der Waals surface area contributed by atoms with Crippen LogP contribution in [0.25, 0.3) is 0 Å². The van der Waals surface area contributed by atoms with Gasteiger partial charge in [0.15, 0.2) is 0 Å². The third-order valence-electron chi connectivity index (χ3n) is 3.88. The summed E-state index contributed by atoms with van der Waals surface area (Å²) in [5.74, 6) is 0.642. The van der Waals surface area contributed by atoms with E-state index in [-0.39, 0.29) is 0 Å². The largest absolute Gasteiger partial charge is 0.375 e. The quantitative estimate of drug-likeness (QED) is 0.867. The van der Waals surface area contributed by atoms with Gasteiger partial charge in [0, 0.05) is 35.9 Å². The lowest BCUT2D eigenvalue weighted by molar-refractivity contribution is 0.0384. The molecule has 0 amide bonds. The highest BCUT2D eigenvalue weighted by atomic mass is 35.5. The predicted molar refractivity (Wildman–Crippen MR) is 90.2 cm³/mol. The number of benzene rings is 1. The van der Waals surface area contributed by atoms with Crippen LogP contribution in [0.5, 0.6) is 0 Å². The fraction of sp³-hybridized carbons (Fsp3) is 0.647. The summed E-state index contributed by atoms with van der Waals surface area (Å²) in [7, 11) is 0. The first-order valence-electron chi connectivity index (χ1n) is 7.96. The van der Waals surface area contributed by atoms with Gasteiger partial charge in [-0.05, 0) is 31.0 Å². The van der Waals surface area contributed by atoms with E-state index < -0.39 is 0 Å². The van der Waals surface area contributed by atoms with E-state index in [0.29, 0.717) is 12.0 Å². The Balaban J connectivity index is 2.12. The van der Waals surface area contributed by atoms with E-state index in [1.165, 1.54) is 11.3 Å². The van der Waals surface area contributed by atoms with Crippen LogP contribution in [-0.4, -0.2) is 32.3 Å². The molecule has 0 aliphatic carbocycles. The lowest BCUT2D eigenvalue weighted by Crippen LogP contribution is -2.42. The van der Waals surface area contributed by atoms with Gasteiger partial charge in [0.1, 0.15) is 0 Å². The molecular formula is C17H27ClN2O. The van der Waals surface area contributed by atoms with E-state index in [4.69, 9.17) is 16.3 Å². The Labute approximate surface area is 133 Å². The third-order valence-corrected chi connectivity index (χ3v) is 4.24. The minimum absolute atomic E-state index is 0.328. The van der Waals surface area contributed by atoms with Gasteiger partial charge in [-0.2, -0.15) is 0 Å². The number of ether oxygens (including phenoxy) is 1. The monoisotopic (exact) mass is 310 g/mol. The summed E-state index contributed by atoms with van der Waals surface area (Å²) in [6, 6.07) is 6.20. The Bertz CT molecular complexity index is 450. The van der Waals surface area contributed by atoms with Gasteiger partial charge in [-0.1, -0.05) is 38.4 Å². The summed E-state index contributed by atoms with van der Waals surface area (Å²) < 4.78 is 5.77. The second kappa shape index (κ2) is 8.02. The Morgan fingerprint density at radius 2 is 2.24 bits per heavy atom. The minimum Gasteiger partial charge on any atom is -0.375 e. The van der Waals surface area contributed by atoms with Crippen molar-refractivity contribution in [1.29, 1.82) is 0 Å². The van der Waals surface area contributed by atoms with Crippen LogP contribution in [0.2, 0.25) is 5.02 Å². The second-order valence-corrected chi connectivity index (χ2v) is 6.52. The fourth-order valence-corrected chi connectivity index (χ4v) is 2.93. The molecule has 1 atom stereocenters. The highest BCUT2D eigenvalue weighted by Crippen LogP contribution is 2.29. The first-order chi connectivity index (χ1) is 10.1. The predicted octanol–water partition coefficient (Wildman–Crippen LogP) is 3.70. The molecule has 0 saturated carbocycles. The lowest BCUT2D eigenvalue weighted by Gasteiger charge is -2.35. The number of hydrogen-bond donors (Lipinski definition) is 1. The van der Waals surface area contributed by atoms with Crippen molar-refractivity contribution in [3.05, 3.63) is 28.8 Å². The molecule has 1 aliphatic heterocycles. The zero-order chi connectivity index (χ0) is 15.2. The summed E-state index contributed by atoms with van der Waals surface area (Å²) in [6.45, 7) is 11.1. The molecule has 1 fully saturated rings. The SMILES string of the molecule is CCC1CN(c2cccc(Cl)c2CNCC(C)C)CCO1. The molecule has 0 bridgehead atoms. The molecule has 1 aliphatic rings. The van der Waals surface area contributed by atoms with Crippen molar-refractivity contribution in [2.75, 3.05) is 31.1 Å².